The molecule has 0 unspecified atom stereocenters. The molecule has 0 bridgehead atoms. The second-order valence-corrected chi connectivity index (χ2v) is 16.1. The Morgan fingerprint density at radius 2 is 1.60 bits per heavy atom. The van der Waals surface area contributed by atoms with Crippen molar-refractivity contribution >= 4 is 64.3 Å². The van der Waals surface area contributed by atoms with E-state index in [1.165, 1.54) is 11.0 Å². The summed E-state index contributed by atoms with van der Waals surface area (Å²) in [7, 11) is 1.79. The van der Waals surface area contributed by atoms with Crippen molar-refractivity contribution in [2.75, 3.05) is 111 Å². The van der Waals surface area contributed by atoms with Gasteiger partial charge in [-0.1, -0.05) is 0 Å². The molecule has 5 fully saturated rings. The van der Waals surface area contributed by atoms with Crippen molar-refractivity contribution in [2.45, 2.75) is 38.1 Å². The minimum Gasteiger partial charge on any atom is -0.371 e. The third kappa shape index (κ3) is 8.54. The van der Waals surface area contributed by atoms with Crippen LogP contribution in [0.25, 0.3) is 0 Å². The second-order valence-electron chi connectivity index (χ2n) is 16.1. The molecule has 60 heavy (non-hydrogen) atoms. The Hall–Kier alpha value is -6.31. The lowest BCUT2D eigenvalue weighted by Gasteiger charge is -2.40. The van der Waals surface area contributed by atoms with Crippen molar-refractivity contribution in [1.29, 1.82) is 0 Å². The smallest absolute Gasteiger partial charge is 0.328 e. The molecular formula is C40H51FN14O5. The Kier molecular flexibility index (Phi) is 11.5. The summed E-state index contributed by atoms with van der Waals surface area (Å²) < 4.78 is 15.7. The predicted molar refractivity (Wildman–Crippen MR) is 222 cm³/mol. The normalized spacial score (nSPS) is 20.8. The molecule has 0 aliphatic carbocycles. The number of likely N-dealkylation sites (N-methyl/N-ethyl adjacent to an activating group) is 1. The SMILES string of the molecule is CN1CCN([C@@H]2CCCN(c3nnc(C(N)=O)c(Nc4ccc(N5CCN(CC6CCN(c7ccc(N8CCC(=O)NC8=O)c(C(N)=O)c7)CC6)CC5)c(F)c4)n3)C2)C1=O. The maximum absolute atomic E-state index is 15.7. The lowest BCUT2D eigenvalue weighted by Crippen LogP contribution is -2.50. The van der Waals surface area contributed by atoms with E-state index in [9.17, 15) is 24.0 Å². The van der Waals surface area contributed by atoms with Crippen LogP contribution in [0.1, 0.15) is 53.0 Å². The minimum atomic E-state index is -0.817. The summed E-state index contributed by atoms with van der Waals surface area (Å²) in [5.74, 6) is -1.36. The number of rotatable bonds is 11. The fourth-order valence-corrected chi connectivity index (χ4v) is 8.94. The molecular weight excluding hydrogens is 776 g/mol. The number of amides is 7. The summed E-state index contributed by atoms with van der Waals surface area (Å²) in [6, 6.07) is 9.62. The summed E-state index contributed by atoms with van der Waals surface area (Å²) in [4.78, 5) is 79.6. The fourth-order valence-electron chi connectivity index (χ4n) is 8.94. The van der Waals surface area contributed by atoms with E-state index >= 15 is 4.39 Å². The molecule has 1 atom stereocenters. The lowest BCUT2D eigenvalue weighted by atomic mass is 9.95. The van der Waals surface area contributed by atoms with Crippen LogP contribution in [0.5, 0.6) is 0 Å². The van der Waals surface area contributed by atoms with Gasteiger partial charge in [0.25, 0.3) is 11.8 Å². The Balaban J connectivity index is 0.838. The summed E-state index contributed by atoms with van der Waals surface area (Å²) in [6.45, 7) is 8.15. The van der Waals surface area contributed by atoms with E-state index in [4.69, 9.17) is 11.5 Å². The highest BCUT2D eigenvalue weighted by atomic mass is 19.1. The maximum Gasteiger partial charge on any atom is 0.328 e. The standard InChI is InChI=1S/C40H51FN14O5/c1-49-15-20-54(40(49)60)28-3-2-11-53(24-28)38-46-37(34(36(43)58)47-48-38)44-26-4-6-32(30(41)21-26)52-18-16-50(17-19-52)23-25-8-12-51(13-9-25)27-5-7-31(29(22-27)35(42)57)55-14-10-33(56)45-39(55)59/h4-7,21-22,25,28H,2-3,8-20,23-24H2,1H3,(H2,42,57)(H2,43,58)(H,44,46,48)(H,45,56,59)/t28-/m1/s1. The van der Waals surface area contributed by atoms with Crippen molar-refractivity contribution in [3.63, 3.8) is 0 Å². The maximum atomic E-state index is 15.7. The number of anilines is 6. The first-order valence-corrected chi connectivity index (χ1v) is 20.6. The van der Waals surface area contributed by atoms with Crippen LogP contribution in [0.15, 0.2) is 36.4 Å². The van der Waals surface area contributed by atoms with E-state index in [0.29, 0.717) is 68.2 Å². The monoisotopic (exact) mass is 826 g/mol. The van der Waals surface area contributed by atoms with Gasteiger partial charge in [-0.15, -0.1) is 10.2 Å². The highest BCUT2D eigenvalue weighted by Crippen LogP contribution is 2.32. The zero-order chi connectivity index (χ0) is 42.1. The Labute approximate surface area is 346 Å². The highest BCUT2D eigenvalue weighted by Gasteiger charge is 2.35. The van der Waals surface area contributed by atoms with E-state index in [2.05, 4.69) is 35.6 Å². The molecule has 3 aromatic rings. The number of hydrogen-bond acceptors (Lipinski definition) is 13. The van der Waals surface area contributed by atoms with E-state index in [0.717, 1.165) is 64.1 Å². The zero-order valence-corrected chi connectivity index (χ0v) is 33.7. The molecule has 5 aliphatic heterocycles. The van der Waals surface area contributed by atoms with E-state index in [1.807, 2.05) is 20.8 Å². The molecule has 6 heterocycles. The van der Waals surface area contributed by atoms with Gasteiger partial charge < -0.3 is 41.3 Å². The summed E-state index contributed by atoms with van der Waals surface area (Å²) in [5, 5.41) is 13.6. The van der Waals surface area contributed by atoms with Gasteiger partial charge in [-0.2, -0.15) is 4.98 Å². The highest BCUT2D eigenvalue weighted by molar-refractivity contribution is 6.09. The molecule has 2 aromatic carbocycles. The van der Waals surface area contributed by atoms with Gasteiger partial charge in [-0.3, -0.25) is 29.5 Å². The van der Waals surface area contributed by atoms with E-state index in [1.54, 1.807) is 36.2 Å². The zero-order valence-electron chi connectivity index (χ0n) is 33.7. The number of halogens is 1. The number of primary amides is 2. The third-order valence-electron chi connectivity index (χ3n) is 12.3. The minimum absolute atomic E-state index is 0.0000911. The van der Waals surface area contributed by atoms with Crippen LogP contribution in [0, 0.1) is 11.7 Å². The van der Waals surface area contributed by atoms with Gasteiger partial charge in [-0.25, -0.2) is 14.0 Å². The number of carbonyl (C=O) groups is 5. The fraction of sp³-hybridized carbons (Fsp3) is 0.500. The number of urea groups is 2. The summed E-state index contributed by atoms with van der Waals surface area (Å²) >= 11 is 0. The van der Waals surface area contributed by atoms with Crippen LogP contribution in [-0.4, -0.2) is 151 Å². The Bertz CT molecular complexity index is 2160. The first-order valence-electron chi connectivity index (χ1n) is 20.6. The molecule has 318 valence electrons. The topological polar surface area (TPSA) is 223 Å². The first kappa shape index (κ1) is 40.5. The summed E-state index contributed by atoms with van der Waals surface area (Å²) in [6.07, 6.45) is 3.77. The molecule has 5 saturated heterocycles. The van der Waals surface area contributed by atoms with Gasteiger partial charge in [-0.05, 0) is 68.0 Å². The van der Waals surface area contributed by atoms with Gasteiger partial charge in [0, 0.05) is 103 Å². The largest absolute Gasteiger partial charge is 0.371 e. The van der Waals surface area contributed by atoms with Gasteiger partial charge in [0.1, 0.15) is 5.82 Å². The lowest BCUT2D eigenvalue weighted by molar-refractivity contribution is -0.120. The number of aromatic nitrogens is 3. The average Bonchev–Trinajstić information content (AvgIpc) is 3.58. The van der Waals surface area contributed by atoms with Crippen LogP contribution in [0.2, 0.25) is 0 Å². The Morgan fingerprint density at radius 1 is 0.833 bits per heavy atom. The number of carbonyl (C=O) groups excluding carboxylic acids is 5. The number of imide groups is 1. The molecule has 0 spiro atoms. The van der Waals surface area contributed by atoms with Crippen molar-refractivity contribution in [3.8, 4) is 0 Å². The van der Waals surface area contributed by atoms with Crippen molar-refractivity contribution in [1.82, 2.24) is 35.2 Å². The van der Waals surface area contributed by atoms with Crippen LogP contribution in [0.4, 0.5) is 48.5 Å². The molecule has 7 amide bonds. The number of nitrogens with zero attached hydrogens (tertiary/aromatic N) is 10. The number of nitrogens with one attached hydrogen (secondary N) is 2. The van der Waals surface area contributed by atoms with Crippen LogP contribution in [-0.2, 0) is 4.79 Å². The third-order valence-corrected chi connectivity index (χ3v) is 12.3. The number of piperidine rings is 2. The van der Waals surface area contributed by atoms with E-state index in [-0.39, 0.29) is 48.0 Å². The van der Waals surface area contributed by atoms with Gasteiger partial charge in [0.15, 0.2) is 11.5 Å². The van der Waals surface area contributed by atoms with Crippen molar-refractivity contribution < 1.29 is 28.4 Å². The molecule has 19 nitrogen and oxygen atoms in total. The number of benzene rings is 2. The molecule has 8 rings (SSSR count). The summed E-state index contributed by atoms with van der Waals surface area (Å²) in [5.41, 5.74) is 13.5. The van der Waals surface area contributed by atoms with Gasteiger partial charge in [0.2, 0.25) is 11.9 Å². The predicted octanol–water partition coefficient (Wildman–Crippen LogP) is 1.77. The second kappa shape index (κ2) is 17.1. The van der Waals surface area contributed by atoms with Gasteiger partial charge >= 0.3 is 12.1 Å². The molecule has 0 radical (unpaired) electrons. The van der Waals surface area contributed by atoms with E-state index < -0.39 is 23.7 Å². The quantitative estimate of drug-likeness (QED) is 0.217. The van der Waals surface area contributed by atoms with Crippen molar-refractivity contribution in [2.24, 2.45) is 17.4 Å². The van der Waals surface area contributed by atoms with Crippen molar-refractivity contribution in [3.05, 3.63) is 53.5 Å². The molecule has 20 heteroatoms. The molecule has 5 aliphatic rings. The molecule has 6 N–H and O–H groups in total. The van der Waals surface area contributed by atoms with Crippen LogP contribution < -0.4 is 41.7 Å². The van der Waals surface area contributed by atoms with Crippen LogP contribution >= 0.6 is 0 Å². The van der Waals surface area contributed by atoms with Gasteiger partial charge in [0.05, 0.1) is 23.0 Å². The number of nitrogens with two attached hydrogens (primary N) is 2. The first-order chi connectivity index (χ1) is 28.9. The molecule has 1 aromatic heterocycles. The Morgan fingerprint density at radius 3 is 2.28 bits per heavy atom. The number of piperazine rings is 1. The average molecular weight is 827 g/mol. The molecule has 0 saturated carbocycles. The number of hydrogen-bond donors (Lipinski definition) is 4. The van der Waals surface area contributed by atoms with Crippen LogP contribution in [0.3, 0.4) is 0 Å².